The molecule has 3 unspecified atom stereocenters. The van der Waals surface area contributed by atoms with E-state index in [2.05, 4.69) is 19.2 Å². The second-order valence-electron chi connectivity index (χ2n) is 5.89. The highest BCUT2D eigenvalue weighted by Crippen LogP contribution is 2.35. The highest BCUT2D eigenvalue weighted by molar-refractivity contribution is 5.53. The van der Waals surface area contributed by atoms with Crippen LogP contribution in [-0.4, -0.2) is 6.04 Å². The van der Waals surface area contributed by atoms with Gasteiger partial charge in [-0.25, -0.2) is 0 Å². The molecule has 1 saturated carbocycles. The predicted octanol–water partition coefficient (Wildman–Crippen LogP) is 4.81. The van der Waals surface area contributed by atoms with Gasteiger partial charge in [-0.15, -0.1) is 0 Å². The summed E-state index contributed by atoms with van der Waals surface area (Å²) < 4.78 is 38.9. The van der Waals surface area contributed by atoms with Gasteiger partial charge < -0.3 is 5.32 Å². The molecule has 2 nitrogen and oxygen atoms in total. The third-order valence-electron chi connectivity index (χ3n) is 4.50. The molecule has 0 heterocycles. The minimum atomic E-state index is -4.51. The molecule has 0 radical (unpaired) electrons. The van der Waals surface area contributed by atoms with E-state index in [1.54, 1.807) is 12.1 Å². The number of nitrogens with one attached hydrogen (secondary N) is 1. The SMILES string of the molecule is CC1CCCC(Nc2ccc(C#N)c(C(F)(F)F)c2)C1C. The van der Waals surface area contributed by atoms with Gasteiger partial charge in [0.15, 0.2) is 0 Å². The molecule has 2 rings (SSSR count). The molecule has 0 bridgehead atoms. The van der Waals surface area contributed by atoms with Gasteiger partial charge in [0, 0.05) is 11.7 Å². The molecule has 0 amide bonds. The summed E-state index contributed by atoms with van der Waals surface area (Å²) in [4.78, 5) is 0. The average molecular weight is 296 g/mol. The highest BCUT2D eigenvalue weighted by Gasteiger charge is 2.34. The Morgan fingerprint density at radius 1 is 1.24 bits per heavy atom. The second kappa shape index (κ2) is 5.97. The smallest absolute Gasteiger partial charge is 0.382 e. The third-order valence-corrected chi connectivity index (χ3v) is 4.50. The molecule has 1 N–H and O–H groups in total. The molecule has 1 aliphatic carbocycles. The van der Waals surface area contributed by atoms with Gasteiger partial charge >= 0.3 is 6.18 Å². The van der Waals surface area contributed by atoms with Crippen molar-refractivity contribution in [2.24, 2.45) is 11.8 Å². The van der Waals surface area contributed by atoms with Crippen LogP contribution < -0.4 is 5.32 Å². The van der Waals surface area contributed by atoms with Crippen LogP contribution in [-0.2, 0) is 6.18 Å². The summed E-state index contributed by atoms with van der Waals surface area (Å²) in [7, 11) is 0. The van der Waals surface area contributed by atoms with Crippen LogP contribution in [0.4, 0.5) is 18.9 Å². The third kappa shape index (κ3) is 3.49. The minimum absolute atomic E-state index is 0.183. The van der Waals surface area contributed by atoms with Crippen LogP contribution >= 0.6 is 0 Å². The van der Waals surface area contributed by atoms with E-state index in [0.717, 1.165) is 18.9 Å². The van der Waals surface area contributed by atoms with Gasteiger partial charge in [-0.3, -0.25) is 0 Å². The lowest BCUT2D eigenvalue weighted by molar-refractivity contribution is -0.137. The maximum Gasteiger partial charge on any atom is 0.417 e. The quantitative estimate of drug-likeness (QED) is 0.849. The largest absolute Gasteiger partial charge is 0.417 e. The molecule has 1 aromatic rings. The molecule has 0 saturated heterocycles. The highest BCUT2D eigenvalue weighted by atomic mass is 19.4. The average Bonchev–Trinajstić information content (AvgIpc) is 2.43. The van der Waals surface area contributed by atoms with Crippen molar-refractivity contribution in [2.75, 3.05) is 5.32 Å². The first-order valence-electron chi connectivity index (χ1n) is 7.21. The van der Waals surface area contributed by atoms with Gasteiger partial charge in [-0.05, 0) is 36.5 Å². The van der Waals surface area contributed by atoms with Crippen LogP contribution in [0.25, 0.3) is 0 Å². The van der Waals surface area contributed by atoms with Crippen LogP contribution in [0, 0.1) is 23.2 Å². The Morgan fingerprint density at radius 3 is 2.57 bits per heavy atom. The van der Waals surface area contributed by atoms with Crippen LogP contribution in [0.2, 0.25) is 0 Å². The number of hydrogen-bond donors (Lipinski definition) is 1. The lowest BCUT2D eigenvalue weighted by Crippen LogP contribution is -2.35. The fraction of sp³-hybridized carbons (Fsp3) is 0.562. The molecular formula is C16H19F3N2. The van der Waals surface area contributed by atoms with Crippen molar-refractivity contribution in [3.63, 3.8) is 0 Å². The van der Waals surface area contributed by atoms with Crippen LogP contribution in [0.15, 0.2) is 18.2 Å². The molecule has 0 spiro atoms. The van der Waals surface area contributed by atoms with Crippen molar-refractivity contribution in [1.29, 1.82) is 5.26 Å². The second-order valence-corrected chi connectivity index (χ2v) is 5.89. The normalized spacial score (nSPS) is 26.2. The Balaban J connectivity index is 2.23. The molecule has 3 atom stereocenters. The molecule has 0 aromatic heterocycles. The Bertz CT molecular complexity index is 545. The fourth-order valence-electron chi connectivity index (χ4n) is 2.97. The molecule has 1 aromatic carbocycles. The first kappa shape index (κ1) is 15.7. The number of rotatable bonds is 2. The summed E-state index contributed by atoms with van der Waals surface area (Å²) in [6.45, 7) is 4.31. The summed E-state index contributed by atoms with van der Waals surface area (Å²) >= 11 is 0. The zero-order valence-electron chi connectivity index (χ0n) is 12.2. The monoisotopic (exact) mass is 296 g/mol. The fourth-order valence-corrected chi connectivity index (χ4v) is 2.97. The van der Waals surface area contributed by atoms with E-state index in [1.807, 2.05) is 0 Å². The zero-order valence-corrected chi connectivity index (χ0v) is 12.2. The molecule has 21 heavy (non-hydrogen) atoms. The summed E-state index contributed by atoms with van der Waals surface area (Å²) in [5, 5.41) is 12.0. The van der Waals surface area contributed by atoms with Gasteiger partial charge in [0.2, 0.25) is 0 Å². The minimum Gasteiger partial charge on any atom is -0.382 e. The van der Waals surface area contributed by atoms with E-state index >= 15 is 0 Å². The van der Waals surface area contributed by atoms with E-state index < -0.39 is 11.7 Å². The Hall–Kier alpha value is -1.70. The number of hydrogen-bond acceptors (Lipinski definition) is 2. The lowest BCUT2D eigenvalue weighted by atomic mass is 9.78. The number of nitrogens with zero attached hydrogens (tertiary/aromatic N) is 1. The van der Waals surface area contributed by atoms with Crippen LogP contribution in [0.5, 0.6) is 0 Å². The van der Waals surface area contributed by atoms with Crippen molar-refractivity contribution in [1.82, 2.24) is 0 Å². The van der Waals surface area contributed by atoms with Gasteiger partial charge in [0.25, 0.3) is 0 Å². The molecule has 1 aliphatic rings. The number of anilines is 1. The van der Waals surface area contributed by atoms with Crippen molar-refractivity contribution in [2.45, 2.75) is 45.3 Å². The number of benzene rings is 1. The Morgan fingerprint density at radius 2 is 1.95 bits per heavy atom. The number of alkyl halides is 3. The predicted molar refractivity (Wildman–Crippen MR) is 75.7 cm³/mol. The summed E-state index contributed by atoms with van der Waals surface area (Å²) in [6, 6.07) is 5.62. The standard InChI is InChI=1S/C16H19F3N2/c1-10-4-3-5-15(11(10)2)21-13-7-6-12(9-20)14(8-13)16(17,18)19/h6-8,10-11,15,21H,3-5H2,1-2H3. The lowest BCUT2D eigenvalue weighted by Gasteiger charge is -2.35. The van der Waals surface area contributed by atoms with Crippen molar-refractivity contribution < 1.29 is 13.2 Å². The molecule has 5 heteroatoms. The molecular weight excluding hydrogens is 277 g/mol. The van der Waals surface area contributed by atoms with Crippen molar-refractivity contribution in [3.05, 3.63) is 29.3 Å². The Labute approximate surface area is 123 Å². The Kier molecular flexibility index (Phi) is 4.46. The van der Waals surface area contributed by atoms with E-state index in [0.29, 0.717) is 17.5 Å². The van der Waals surface area contributed by atoms with Gasteiger partial charge in [-0.2, -0.15) is 18.4 Å². The summed E-state index contributed by atoms with van der Waals surface area (Å²) in [5.74, 6) is 0.987. The van der Waals surface area contributed by atoms with E-state index in [4.69, 9.17) is 5.26 Å². The molecule has 0 aliphatic heterocycles. The van der Waals surface area contributed by atoms with Crippen LogP contribution in [0.1, 0.15) is 44.2 Å². The maximum absolute atomic E-state index is 13.0. The zero-order chi connectivity index (χ0) is 15.6. The number of halogens is 3. The van der Waals surface area contributed by atoms with E-state index in [1.165, 1.54) is 12.5 Å². The van der Waals surface area contributed by atoms with E-state index in [-0.39, 0.29) is 11.6 Å². The molecule has 1 fully saturated rings. The molecule has 114 valence electrons. The van der Waals surface area contributed by atoms with Crippen molar-refractivity contribution >= 4 is 5.69 Å². The van der Waals surface area contributed by atoms with Crippen LogP contribution in [0.3, 0.4) is 0 Å². The van der Waals surface area contributed by atoms with Gasteiger partial charge in [0.1, 0.15) is 0 Å². The van der Waals surface area contributed by atoms with Gasteiger partial charge in [0.05, 0.1) is 17.2 Å². The van der Waals surface area contributed by atoms with E-state index in [9.17, 15) is 13.2 Å². The first-order valence-corrected chi connectivity index (χ1v) is 7.21. The first-order chi connectivity index (χ1) is 9.82. The van der Waals surface area contributed by atoms with Gasteiger partial charge in [-0.1, -0.05) is 26.7 Å². The maximum atomic E-state index is 13.0. The topological polar surface area (TPSA) is 35.8 Å². The summed E-state index contributed by atoms with van der Waals surface area (Å²) in [5.41, 5.74) is -0.767. The number of nitriles is 1. The van der Waals surface area contributed by atoms with Crippen molar-refractivity contribution in [3.8, 4) is 6.07 Å². The summed E-state index contributed by atoms with van der Waals surface area (Å²) in [6.07, 6.45) is -1.28.